The SMILES string of the molecule is O=C(Cc1ccccc1Cl)NC(CO)c1ccc(Cl)cc1. The van der Waals surface area contributed by atoms with Crippen LogP contribution in [0.4, 0.5) is 0 Å². The second-order valence-electron chi connectivity index (χ2n) is 4.62. The lowest BCUT2D eigenvalue weighted by atomic mass is 10.1. The number of benzene rings is 2. The first-order valence-corrected chi connectivity index (χ1v) is 7.25. The van der Waals surface area contributed by atoms with E-state index in [2.05, 4.69) is 5.32 Å². The van der Waals surface area contributed by atoms with Crippen molar-refractivity contribution < 1.29 is 9.90 Å². The monoisotopic (exact) mass is 323 g/mol. The van der Waals surface area contributed by atoms with E-state index in [0.717, 1.165) is 11.1 Å². The molecule has 2 aromatic rings. The zero-order valence-corrected chi connectivity index (χ0v) is 12.7. The lowest BCUT2D eigenvalue weighted by Gasteiger charge is -2.17. The van der Waals surface area contributed by atoms with Gasteiger partial charge < -0.3 is 10.4 Å². The molecule has 0 saturated heterocycles. The van der Waals surface area contributed by atoms with Gasteiger partial charge in [-0.05, 0) is 29.3 Å². The van der Waals surface area contributed by atoms with Crippen LogP contribution in [0, 0.1) is 0 Å². The Morgan fingerprint density at radius 1 is 1.10 bits per heavy atom. The fourth-order valence-electron chi connectivity index (χ4n) is 1.99. The molecule has 1 unspecified atom stereocenters. The van der Waals surface area contributed by atoms with Crippen LogP contribution in [0.2, 0.25) is 10.0 Å². The van der Waals surface area contributed by atoms with E-state index in [1.807, 2.05) is 12.1 Å². The van der Waals surface area contributed by atoms with Gasteiger partial charge >= 0.3 is 0 Å². The van der Waals surface area contributed by atoms with Crippen molar-refractivity contribution in [1.82, 2.24) is 5.32 Å². The van der Waals surface area contributed by atoms with Crippen LogP contribution < -0.4 is 5.32 Å². The van der Waals surface area contributed by atoms with E-state index in [9.17, 15) is 9.90 Å². The molecule has 2 N–H and O–H groups in total. The van der Waals surface area contributed by atoms with Crippen LogP contribution in [0.25, 0.3) is 0 Å². The number of nitrogens with one attached hydrogen (secondary N) is 1. The molecule has 21 heavy (non-hydrogen) atoms. The number of hydrogen-bond acceptors (Lipinski definition) is 2. The summed E-state index contributed by atoms with van der Waals surface area (Å²) in [5, 5.41) is 13.4. The van der Waals surface area contributed by atoms with Gasteiger partial charge in [-0.2, -0.15) is 0 Å². The number of aliphatic hydroxyl groups is 1. The van der Waals surface area contributed by atoms with Crippen LogP contribution in [0.15, 0.2) is 48.5 Å². The van der Waals surface area contributed by atoms with E-state index >= 15 is 0 Å². The summed E-state index contributed by atoms with van der Waals surface area (Å²) in [5.41, 5.74) is 1.55. The molecule has 0 aliphatic carbocycles. The normalized spacial score (nSPS) is 12.0. The van der Waals surface area contributed by atoms with E-state index in [-0.39, 0.29) is 18.9 Å². The van der Waals surface area contributed by atoms with Crippen LogP contribution in [-0.2, 0) is 11.2 Å². The Bertz CT molecular complexity index is 614. The minimum Gasteiger partial charge on any atom is -0.394 e. The topological polar surface area (TPSA) is 49.3 Å². The van der Waals surface area contributed by atoms with Gasteiger partial charge in [0.2, 0.25) is 5.91 Å². The van der Waals surface area contributed by atoms with Crippen molar-refractivity contribution in [2.24, 2.45) is 0 Å². The third-order valence-electron chi connectivity index (χ3n) is 3.10. The molecular formula is C16H15Cl2NO2. The maximum absolute atomic E-state index is 12.1. The van der Waals surface area contributed by atoms with Gasteiger partial charge in [0.05, 0.1) is 19.1 Å². The number of hydrogen-bond donors (Lipinski definition) is 2. The van der Waals surface area contributed by atoms with Crippen LogP contribution in [0.5, 0.6) is 0 Å². The molecule has 0 aliphatic heterocycles. The fourth-order valence-corrected chi connectivity index (χ4v) is 2.32. The Morgan fingerprint density at radius 2 is 1.76 bits per heavy atom. The van der Waals surface area contributed by atoms with Gasteiger partial charge in [-0.15, -0.1) is 0 Å². The highest BCUT2D eigenvalue weighted by molar-refractivity contribution is 6.31. The van der Waals surface area contributed by atoms with Crippen molar-refractivity contribution in [2.45, 2.75) is 12.5 Å². The van der Waals surface area contributed by atoms with Crippen LogP contribution >= 0.6 is 23.2 Å². The Labute approximate surface area is 133 Å². The van der Waals surface area contributed by atoms with Gasteiger partial charge in [0.25, 0.3) is 0 Å². The summed E-state index contributed by atoms with van der Waals surface area (Å²) in [7, 11) is 0. The second kappa shape index (κ2) is 7.46. The largest absolute Gasteiger partial charge is 0.394 e. The first-order chi connectivity index (χ1) is 10.1. The fraction of sp³-hybridized carbons (Fsp3) is 0.188. The Morgan fingerprint density at radius 3 is 2.38 bits per heavy atom. The van der Waals surface area contributed by atoms with E-state index in [1.54, 1.807) is 36.4 Å². The summed E-state index contributed by atoms with van der Waals surface area (Å²) in [6.45, 7) is -0.185. The number of carbonyl (C=O) groups is 1. The van der Waals surface area contributed by atoms with Gasteiger partial charge in [-0.3, -0.25) is 4.79 Å². The maximum atomic E-state index is 12.1. The average Bonchev–Trinajstić information content (AvgIpc) is 2.48. The lowest BCUT2D eigenvalue weighted by molar-refractivity contribution is -0.121. The molecule has 1 amide bonds. The van der Waals surface area contributed by atoms with Crippen LogP contribution in [0.1, 0.15) is 17.2 Å². The van der Waals surface area contributed by atoms with E-state index in [0.29, 0.717) is 10.0 Å². The minimum absolute atomic E-state index is 0.170. The standard InChI is InChI=1S/C16H15Cl2NO2/c17-13-7-5-11(6-8-13)15(10-20)19-16(21)9-12-3-1-2-4-14(12)18/h1-8,15,20H,9-10H2,(H,19,21). The molecule has 1 atom stereocenters. The zero-order chi connectivity index (χ0) is 15.2. The summed E-state index contributed by atoms with van der Waals surface area (Å²) in [6.07, 6.45) is 0.170. The van der Waals surface area contributed by atoms with Crippen molar-refractivity contribution in [2.75, 3.05) is 6.61 Å². The molecule has 0 aromatic heterocycles. The third-order valence-corrected chi connectivity index (χ3v) is 3.72. The Hall–Kier alpha value is -1.55. The minimum atomic E-state index is -0.461. The molecule has 0 fully saturated rings. The van der Waals surface area contributed by atoms with Gasteiger partial charge in [0.1, 0.15) is 0 Å². The molecule has 2 aromatic carbocycles. The molecule has 0 heterocycles. The first-order valence-electron chi connectivity index (χ1n) is 6.49. The number of halogens is 2. The third kappa shape index (κ3) is 4.46. The molecule has 0 saturated carbocycles. The maximum Gasteiger partial charge on any atom is 0.225 e. The molecule has 5 heteroatoms. The van der Waals surface area contributed by atoms with Gasteiger partial charge in [-0.1, -0.05) is 53.5 Å². The van der Waals surface area contributed by atoms with Crippen molar-refractivity contribution in [3.63, 3.8) is 0 Å². The number of amides is 1. The van der Waals surface area contributed by atoms with Gasteiger partial charge in [-0.25, -0.2) is 0 Å². The van der Waals surface area contributed by atoms with Crippen molar-refractivity contribution >= 4 is 29.1 Å². The lowest BCUT2D eigenvalue weighted by Crippen LogP contribution is -2.32. The van der Waals surface area contributed by atoms with Crippen molar-refractivity contribution in [1.29, 1.82) is 0 Å². The van der Waals surface area contributed by atoms with Gasteiger partial charge in [0, 0.05) is 10.0 Å². The average molecular weight is 324 g/mol. The highest BCUT2D eigenvalue weighted by Crippen LogP contribution is 2.18. The molecular weight excluding hydrogens is 309 g/mol. The first kappa shape index (κ1) is 15.8. The van der Waals surface area contributed by atoms with Gasteiger partial charge in [0.15, 0.2) is 0 Å². The molecule has 3 nitrogen and oxygen atoms in total. The highest BCUT2D eigenvalue weighted by Gasteiger charge is 2.14. The quantitative estimate of drug-likeness (QED) is 0.886. The molecule has 0 aliphatic rings. The van der Waals surface area contributed by atoms with Crippen LogP contribution in [-0.4, -0.2) is 17.6 Å². The second-order valence-corrected chi connectivity index (χ2v) is 5.47. The molecule has 2 rings (SSSR count). The van der Waals surface area contributed by atoms with E-state index in [1.165, 1.54) is 0 Å². The van der Waals surface area contributed by atoms with Crippen molar-refractivity contribution in [3.05, 3.63) is 69.7 Å². The number of aliphatic hydroxyl groups excluding tert-OH is 1. The molecule has 0 radical (unpaired) electrons. The molecule has 0 bridgehead atoms. The number of carbonyl (C=O) groups excluding carboxylic acids is 1. The van der Waals surface area contributed by atoms with E-state index < -0.39 is 6.04 Å². The van der Waals surface area contributed by atoms with E-state index in [4.69, 9.17) is 23.2 Å². The Balaban J connectivity index is 2.03. The molecule has 0 spiro atoms. The number of rotatable bonds is 5. The predicted molar refractivity (Wildman–Crippen MR) is 84.6 cm³/mol. The zero-order valence-electron chi connectivity index (χ0n) is 11.2. The van der Waals surface area contributed by atoms with Crippen LogP contribution in [0.3, 0.4) is 0 Å². The summed E-state index contributed by atoms with van der Waals surface area (Å²) >= 11 is 11.9. The smallest absolute Gasteiger partial charge is 0.225 e. The Kier molecular flexibility index (Phi) is 5.62. The summed E-state index contributed by atoms with van der Waals surface area (Å²) < 4.78 is 0. The summed E-state index contributed by atoms with van der Waals surface area (Å²) in [5.74, 6) is -0.197. The summed E-state index contributed by atoms with van der Waals surface area (Å²) in [6, 6.07) is 13.7. The molecule has 110 valence electrons. The van der Waals surface area contributed by atoms with Crippen molar-refractivity contribution in [3.8, 4) is 0 Å². The summed E-state index contributed by atoms with van der Waals surface area (Å²) in [4.78, 5) is 12.1. The predicted octanol–water partition coefficient (Wildman–Crippen LogP) is 3.39. The highest BCUT2D eigenvalue weighted by atomic mass is 35.5.